The van der Waals surface area contributed by atoms with E-state index in [0.29, 0.717) is 0 Å². The van der Waals surface area contributed by atoms with Crippen LogP contribution in [0, 0.1) is 17.3 Å². The van der Waals surface area contributed by atoms with Crippen molar-refractivity contribution in [3.63, 3.8) is 0 Å². The summed E-state index contributed by atoms with van der Waals surface area (Å²) in [6, 6.07) is 0. The second kappa shape index (κ2) is 2.43. The van der Waals surface area contributed by atoms with Crippen LogP contribution < -0.4 is 0 Å². The van der Waals surface area contributed by atoms with Crippen LogP contribution in [0.1, 0.15) is 27.2 Å². The molecule has 2 atom stereocenters. The van der Waals surface area contributed by atoms with Gasteiger partial charge in [0.05, 0.1) is 0 Å². The molecular formula is C9H14O2. The summed E-state index contributed by atoms with van der Waals surface area (Å²) >= 11 is 0. The van der Waals surface area contributed by atoms with Crippen LogP contribution in [-0.2, 0) is 9.59 Å². The minimum absolute atomic E-state index is 0.0897. The van der Waals surface area contributed by atoms with E-state index in [1.54, 1.807) is 6.92 Å². The van der Waals surface area contributed by atoms with E-state index in [-0.39, 0.29) is 23.0 Å². The summed E-state index contributed by atoms with van der Waals surface area (Å²) in [5, 5.41) is 0. The largest absolute Gasteiger partial charge is 0.303 e. The number of hydrogen-bond acceptors (Lipinski definition) is 2. The molecule has 0 bridgehead atoms. The zero-order valence-corrected chi connectivity index (χ0v) is 7.26. The third kappa shape index (κ3) is 1.10. The Morgan fingerprint density at radius 2 is 2.09 bits per heavy atom. The number of rotatable bonds is 2. The molecule has 1 aliphatic carbocycles. The quantitative estimate of drug-likeness (QED) is 0.564. The van der Waals surface area contributed by atoms with E-state index in [1.165, 1.54) is 0 Å². The van der Waals surface area contributed by atoms with E-state index in [2.05, 4.69) is 0 Å². The van der Waals surface area contributed by atoms with Gasteiger partial charge >= 0.3 is 0 Å². The topological polar surface area (TPSA) is 34.1 Å². The van der Waals surface area contributed by atoms with Crippen molar-refractivity contribution in [1.29, 1.82) is 0 Å². The second-order valence-corrected chi connectivity index (χ2v) is 3.96. The molecule has 0 aromatic rings. The molecule has 11 heavy (non-hydrogen) atoms. The van der Waals surface area contributed by atoms with Crippen molar-refractivity contribution in [2.24, 2.45) is 17.3 Å². The highest BCUT2D eigenvalue weighted by Crippen LogP contribution is 2.50. The first kappa shape index (κ1) is 8.44. The lowest BCUT2D eigenvalue weighted by Gasteiger charge is -2.48. The third-order valence-electron chi connectivity index (χ3n) is 3.00. The number of carbonyl (C=O) groups excluding carboxylic acids is 2. The van der Waals surface area contributed by atoms with Crippen LogP contribution in [0.3, 0.4) is 0 Å². The molecule has 2 heteroatoms. The maximum atomic E-state index is 11.0. The fourth-order valence-electron chi connectivity index (χ4n) is 1.88. The van der Waals surface area contributed by atoms with Gasteiger partial charge in [-0.25, -0.2) is 0 Å². The Kier molecular flexibility index (Phi) is 1.87. The predicted molar refractivity (Wildman–Crippen MR) is 42.1 cm³/mol. The van der Waals surface area contributed by atoms with Gasteiger partial charge in [-0.2, -0.15) is 0 Å². The molecule has 62 valence electrons. The Hall–Kier alpha value is -0.660. The fraction of sp³-hybridized carbons (Fsp3) is 0.778. The minimum Gasteiger partial charge on any atom is -0.303 e. The summed E-state index contributed by atoms with van der Waals surface area (Å²) in [5.41, 5.74) is -0.0897. The molecule has 1 aliphatic rings. The molecule has 1 saturated carbocycles. The first-order valence-corrected chi connectivity index (χ1v) is 3.96. The molecule has 2 unspecified atom stereocenters. The van der Waals surface area contributed by atoms with Crippen LogP contribution in [0.5, 0.6) is 0 Å². The smallest absolute Gasteiger partial charge is 0.133 e. The summed E-state index contributed by atoms with van der Waals surface area (Å²) in [5.74, 6) is 0.419. The Bertz CT molecular complexity index is 194. The number of Topliss-reactive ketones (excluding diaryl/α,β-unsaturated/α-hetero) is 1. The van der Waals surface area contributed by atoms with E-state index >= 15 is 0 Å². The minimum atomic E-state index is -0.0897. The Balaban J connectivity index is 2.68. The lowest BCUT2D eigenvalue weighted by atomic mass is 9.54. The van der Waals surface area contributed by atoms with Crippen LogP contribution >= 0.6 is 0 Å². The van der Waals surface area contributed by atoms with Gasteiger partial charge in [0.2, 0.25) is 0 Å². The predicted octanol–water partition coefficient (Wildman–Crippen LogP) is 1.44. The summed E-state index contributed by atoms with van der Waals surface area (Å²) in [4.78, 5) is 21.4. The maximum Gasteiger partial charge on any atom is 0.133 e. The van der Waals surface area contributed by atoms with Crippen LogP contribution in [0.25, 0.3) is 0 Å². The van der Waals surface area contributed by atoms with Gasteiger partial charge in [0.25, 0.3) is 0 Å². The van der Waals surface area contributed by atoms with Crippen LogP contribution in [0.4, 0.5) is 0 Å². The fourth-order valence-corrected chi connectivity index (χ4v) is 1.88. The van der Waals surface area contributed by atoms with Gasteiger partial charge in [-0.1, -0.05) is 13.8 Å². The Morgan fingerprint density at radius 1 is 1.55 bits per heavy atom. The lowest BCUT2D eigenvalue weighted by Crippen LogP contribution is -2.48. The molecule has 0 aliphatic heterocycles. The molecule has 0 amide bonds. The summed E-state index contributed by atoms with van der Waals surface area (Å²) in [7, 11) is 0. The highest BCUT2D eigenvalue weighted by molar-refractivity contribution is 5.82. The molecule has 0 saturated heterocycles. The molecule has 1 rings (SSSR count). The molecule has 2 nitrogen and oxygen atoms in total. The van der Waals surface area contributed by atoms with Gasteiger partial charge in [0, 0.05) is 11.8 Å². The average Bonchev–Trinajstić information content (AvgIpc) is 1.85. The number of ketones is 1. The molecule has 0 spiro atoms. The standard InChI is InChI=1S/C9H14O2/c1-6(11)8-4-7(5-10)9(8,2)3/h5,7-8H,4H2,1-3H3. The molecular weight excluding hydrogens is 140 g/mol. The SMILES string of the molecule is CC(=O)C1CC(C=O)C1(C)C. The number of carbonyl (C=O) groups is 2. The molecule has 0 N–H and O–H groups in total. The number of hydrogen-bond donors (Lipinski definition) is 0. The summed E-state index contributed by atoms with van der Waals surface area (Å²) in [6.07, 6.45) is 1.73. The Labute approximate surface area is 67.0 Å². The van der Waals surface area contributed by atoms with Crippen molar-refractivity contribution in [3.8, 4) is 0 Å². The van der Waals surface area contributed by atoms with Crippen molar-refractivity contribution in [3.05, 3.63) is 0 Å². The van der Waals surface area contributed by atoms with Crippen molar-refractivity contribution in [1.82, 2.24) is 0 Å². The van der Waals surface area contributed by atoms with E-state index in [9.17, 15) is 9.59 Å². The maximum absolute atomic E-state index is 11.0. The van der Waals surface area contributed by atoms with E-state index in [4.69, 9.17) is 0 Å². The van der Waals surface area contributed by atoms with Gasteiger partial charge in [-0.15, -0.1) is 0 Å². The third-order valence-corrected chi connectivity index (χ3v) is 3.00. The normalized spacial score (nSPS) is 34.1. The lowest BCUT2D eigenvalue weighted by molar-refractivity contribution is -0.140. The average molecular weight is 154 g/mol. The first-order valence-electron chi connectivity index (χ1n) is 3.96. The van der Waals surface area contributed by atoms with Crippen LogP contribution in [-0.4, -0.2) is 12.1 Å². The highest BCUT2D eigenvalue weighted by Gasteiger charge is 2.49. The van der Waals surface area contributed by atoms with Gasteiger partial charge in [0.1, 0.15) is 12.1 Å². The molecule has 0 aromatic carbocycles. The van der Waals surface area contributed by atoms with Gasteiger partial charge in [-0.3, -0.25) is 4.79 Å². The molecule has 0 aromatic heterocycles. The Morgan fingerprint density at radius 3 is 2.36 bits per heavy atom. The van der Waals surface area contributed by atoms with Crippen LogP contribution in [0.2, 0.25) is 0 Å². The second-order valence-electron chi connectivity index (χ2n) is 3.96. The van der Waals surface area contributed by atoms with E-state index < -0.39 is 0 Å². The van der Waals surface area contributed by atoms with Crippen LogP contribution in [0.15, 0.2) is 0 Å². The molecule has 0 radical (unpaired) electrons. The van der Waals surface area contributed by atoms with Crippen molar-refractivity contribution < 1.29 is 9.59 Å². The van der Waals surface area contributed by atoms with Crippen molar-refractivity contribution in [2.75, 3.05) is 0 Å². The van der Waals surface area contributed by atoms with Crippen molar-refractivity contribution in [2.45, 2.75) is 27.2 Å². The van der Waals surface area contributed by atoms with E-state index in [0.717, 1.165) is 12.7 Å². The van der Waals surface area contributed by atoms with E-state index in [1.807, 2.05) is 13.8 Å². The number of aldehydes is 1. The van der Waals surface area contributed by atoms with Gasteiger partial charge in [-0.05, 0) is 18.8 Å². The monoisotopic (exact) mass is 154 g/mol. The first-order chi connectivity index (χ1) is 5.00. The summed E-state index contributed by atoms with van der Waals surface area (Å²) in [6.45, 7) is 5.58. The summed E-state index contributed by atoms with van der Waals surface area (Å²) < 4.78 is 0. The zero-order valence-electron chi connectivity index (χ0n) is 7.26. The zero-order chi connectivity index (χ0) is 8.65. The van der Waals surface area contributed by atoms with Crippen molar-refractivity contribution >= 4 is 12.1 Å². The molecule has 0 heterocycles. The van der Waals surface area contributed by atoms with Gasteiger partial charge < -0.3 is 4.79 Å². The molecule has 1 fully saturated rings. The highest BCUT2D eigenvalue weighted by atomic mass is 16.1. The van der Waals surface area contributed by atoms with Gasteiger partial charge in [0.15, 0.2) is 0 Å².